The van der Waals surface area contributed by atoms with Crippen LogP contribution in [0.25, 0.3) is 0 Å². The first kappa shape index (κ1) is 15.3. The van der Waals surface area contributed by atoms with Gasteiger partial charge < -0.3 is 0 Å². The van der Waals surface area contributed by atoms with Gasteiger partial charge >= 0.3 is 106 Å². The van der Waals surface area contributed by atoms with E-state index in [-0.39, 0.29) is 0 Å². The fraction of sp³-hybridized carbons (Fsp3) is 0.875. The Morgan fingerprint density at radius 1 is 1.14 bits per heavy atom. The van der Waals surface area contributed by atoms with Crippen molar-refractivity contribution in [1.29, 1.82) is 0 Å². The van der Waals surface area contributed by atoms with Crippen LogP contribution in [0.4, 0.5) is 0 Å². The molecule has 14 heavy (non-hydrogen) atoms. The topological polar surface area (TPSA) is 26.3 Å². The predicted octanol–water partition coefficient (Wildman–Crippen LogP) is 3.91. The molecular weight excluding hydrogens is 442 g/mol. The molecule has 0 aliphatic heterocycles. The molecule has 0 N–H and O–H groups in total. The van der Waals surface area contributed by atoms with E-state index in [9.17, 15) is 4.79 Å². The summed E-state index contributed by atoms with van der Waals surface area (Å²) in [5.41, 5.74) is 0. The third-order valence-corrected chi connectivity index (χ3v) is 20.4. The Morgan fingerprint density at radius 3 is 1.71 bits per heavy atom. The van der Waals surface area contributed by atoms with E-state index < -0.39 is 31.4 Å². The average Bonchev–Trinajstić information content (AvgIpc) is 2.12. The molecule has 0 aliphatic rings. The van der Waals surface area contributed by atoms with Gasteiger partial charge in [0.1, 0.15) is 0 Å². The van der Waals surface area contributed by atoms with Crippen LogP contribution in [0.3, 0.4) is 0 Å². The van der Waals surface area contributed by atoms with E-state index in [2.05, 4.69) is 0 Å². The summed E-state index contributed by atoms with van der Waals surface area (Å²) in [5.74, 6) is -0.699. The monoisotopic (exact) mass is 456 g/mol. The molecule has 0 unspecified atom stereocenters. The number of rotatable bonds is 4. The zero-order valence-corrected chi connectivity index (χ0v) is 14.7. The second-order valence-electron chi connectivity index (χ2n) is 3.13. The number of halogens is 3. The van der Waals surface area contributed by atoms with Gasteiger partial charge in [-0.2, -0.15) is 0 Å². The van der Waals surface area contributed by atoms with Gasteiger partial charge in [-0.05, 0) is 0 Å². The van der Waals surface area contributed by atoms with E-state index in [1.807, 2.05) is 20.8 Å². The fourth-order valence-electron chi connectivity index (χ4n) is 1.22. The molecule has 0 rings (SSSR count). The van der Waals surface area contributed by atoms with Crippen LogP contribution in [0.2, 0.25) is 11.9 Å². The summed E-state index contributed by atoms with van der Waals surface area (Å²) in [6.45, 7) is 6.13. The van der Waals surface area contributed by atoms with Crippen LogP contribution in [0.15, 0.2) is 0 Å². The second-order valence-corrected chi connectivity index (χ2v) is 23.7. The van der Waals surface area contributed by atoms with Gasteiger partial charge in [-0.1, -0.05) is 0 Å². The fourth-order valence-corrected chi connectivity index (χ4v) is 11.7. The molecule has 6 heteroatoms. The van der Waals surface area contributed by atoms with E-state index in [1.165, 1.54) is 0 Å². The third-order valence-electron chi connectivity index (χ3n) is 2.47. The van der Waals surface area contributed by atoms with Crippen molar-refractivity contribution in [3.05, 3.63) is 0 Å². The Balaban J connectivity index is 4.54. The van der Waals surface area contributed by atoms with Crippen molar-refractivity contribution in [3.63, 3.8) is 0 Å². The van der Waals surface area contributed by atoms with Crippen LogP contribution in [-0.4, -0.2) is 31.4 Å². The summed E-state index contributed by atoms with van der Waals surface area (Å²) >= 11 is 13.5. The molecule has 0 fully saturated rings. The summed E-state index contributed by atoms with van der Waals surface area (Å²) < 4.78 is 6.32. The van der Waals surface area contributed by atoms with Crippen LogP contribution in [0.5, 0.6) is 0 Å². The number of hydrogen-bond donors (Lipinski definition) is 0. The molecule has 0 radical (unpaired) electrons. The first-order chi connectivity index (χ1) is 6.31. The van der Waals surface area contributed by atoms with Gasteiger partial charge in [-0.25, -0.2) is 0 Å². The molecule has 0 amide bonds. The Morgan fingerprint density at radius 2 is 1.50 bits per heavy atom. The Kier molecular flexibility index (Phi) is 6.66. The molecule has 0 aromatic heterocycles. The van der Waals surface area contributed by atoms with Crippen LogP contribution >= 0.6 is 34.8 Å². The van der Waals surface area contributed by atoms with Crippen LogP contribution < -0.4 is 0 Å². The average molecular weight is 457 g/mol. The molecule has 0 aromatic carbocycles. The van der Waals surface area contributed by atoms with Crippen LogP contribution in [0.1, 0.15) is 20.8 Å². The number of alkyl halides is 3. The molecule has 0 saturated heterocycles. The number of hydrogen-bond acceptors (Lipinski definition) is 2. The van der Waals surface area contributed by atoms with Crippen molar-refractivity contribution in [2.24, 2.45) is 0 Å². The van der Waals surface area contributed by atoms with E-state index in [0.29, 0.717) is 0 Å². The van der Waals surface area contributed by atoms with Gasteiger partial charge in [0.25, 0.3) is 0 Å². The Labute approximate surface area is 106 Å². The van der Waals surface area contributed by atoms with Crippen molar-refractivity contribution in [1.82, 2.24) is 0 Å². The SMILES string of the molecule is C[CH2][Pb]([CH2]C)([CH2]C)[O]C(=O)C(Cl)(Cl)Cl. The third kappa shape index (κ3) is 4.41. The maximum absolute atomic E-state index is 11.4. The molecule has 2 nitrogen and oxygen atoms in total. The van der Waals surface area contributed by atoms with Gasteiger partial charge in [-0.15, -0.1) is 0 Å². The molecular formula is C8H15Cl3O2Pb. The Hall–Kier alpha value is 1.26. The molecule has 0 heterocycles. The zero-order chi connectivity index (χ0) is 11.4. The van der Waals surface area contributed by atoms with Gasteiger partial charge in [0.2, 0.25) is 0 Å². The van der Waals surface area contributed by atoms with E-state index in [0.717, 1.165) is 11.9 Å². The molecule has 0 aromatic rings. The summed E-state index contributed by atoms with van der Waals surface area (Å²) in [4.78, 5) is 11.4. The standard InChI is InChI=1S/C2HCl3O2.3C2H5.Pb/c3-2(4,5)1(6)7;3*1-2;/h(H,6,7);3*1H2,2H3;/q;;;;+1/p-1. The van der Waals surface area contributed by atoms with Crippen molar-refractivity contribution in [3.8, 4) is 0 Å². The molecule has 0 atom stereocenters. The van der Waals surface area contributed by atoms with Gasteiger partial charge in [0.15, 0.2) is 0 Å². The van der Waals surface area contributed by atoms with Crippen LogP contribution in [-0.2, 0) is 7.48 Å². The van der Waals surface area contributed by atoms with Gasteiger partial charge in [0.05, 0.1) is 0 Å². The van der Waals surface area contributed by atoms with Gasteiger partial charge in [-0.3, -0.25) is 0 Å². The van der Waals surface area contributed by atoms with E-state index in [1.54, 1.807) is 0 Å². The minimum absolute atomic E-state index is 0.699. The second kappa shape index (κ2) is 6.11. The molecule has 84 valence electrons. The number of carbonyl (C=O) groups is 1. The summed E-state index contributed by atoms with van der Waals surface area (Å²) in [6.07, 6.45) is 0. The van der Waals surface area contributed by atoms with Crippen LogP contribution in [0, 0.1) is 0 Å². The molecule has 0 spiro atoms. The van der Waals surface area contributed by atoms with E-state index in [4.69, 9.17) is 37.5 Å². The molecule has 0 aliphatic carbocycles. The Bertz CT molecular complexity index is 191. The van der Waals surface area contributed by atoms with Crippen molar-refractivity contribution in [2.75, 3.05) is 0 Å². The summed E-state index contributed by atoms with van der Waals surface area (Å²) in [5, 5.41) is 0. The van der Waals surface area contributed by atoms with Gasteiger partial charge in [0, 0.05) is 0 Å². The zero-order valence-electron chi connectivity index (χ0n) is 8.57. The summed E-state index contributed by atoms with van der Waals surface area (Å²) in [7, 11) is 0. The quantitative estimate of drug-likeness (QED) is 0.474. The van der Waals surface area contributed by atoms with Crippen molar-refractivity contribution in [2.45, 2.75) is 36.5 Å². The predicted molar refractivity (Wildman–Crippen MR) is 63.6 cm³/mol. The van der Waals surface area contributed by atoms with Crippen molar-refractivity contribution >= 4 is 62.4 Å². The number of carbonyl (C=O) groups excluding carboxylic acids is 1. The normalized spacial score (nSPS) is 12.7. The molecule has 0 saturated carbocycles. The first-order valence-corrected chi connectivity index (χ1v) is 15.6. The maximum atomic E-state index is 11.4. The minimum atomic E-state index is -2.89. The first-order valence-electron chi connectivity index (χ1n) is 4.61. The summed E-state index contributed by atoms with van der Waals surface area (Å²) in [6, 6.07) is 0. The van der Waals surface area contributed by atoms with Crippen molar-refractivity contribution < 1.29 is 7.48 Å². The molecule has 0 bridgehead atoms. The van der Waals surface area contributed by atoms with E-state index >= 15 is 0 Å².